The molecule has 0 saturated heterocycles. The van der Waals surface area contributed by atoms with E-state index in [-0.39, 0.29) is 11.8 Å². The summed E-state index contributed by atoms with van der Waals surface area (Å²) >= 11 is 1.57. The van der Waals surface area contributed by atoms with Crippen molar-refractivity contribution >= 4 is 17.3 Å². The van der Waals surface area contributed by atoms with E-state index in [1.54, 1.807) is 23.5 Å². The molecule has 0 aliphatic rings. The first-order valence-corrected chi connectivity index (χ1v) is 5.62. The average molecular weight is 237 g/mol. The molecule has 2 heterocycles. The van der Waals surface area contributed by atoms with E-state index in [4.69, 9.17) is 10.2 Å². The number of rotatable bonds is 3. The van der Waals surface area contributed by atoms with Crippen LogP contribution < -0.4 is 5.73 Å². The predicted molar refractivity (Wildman–Crippen MR) is 60.4 cm³/mol. The lowest BCUT2D eigenvalue weighted by molar-refractivity contribution is 0.0562. The van der Waals surface area contributed by atoms with Crippen LogP contribution in [0.2, 0.25) is 0 Å². The number of nitrogens with two attached hydrogens (primary N) is 1. The molecule has 1 atom stereocenters. The lowest BCUT2D eigenvalue weighted by Gasteiger charge is -2.05. The van der Waals surface area contributed by atoms with E-state index in [9.17, 15) is 4.79 Å². The minimum atomic E-state index is -0.497. The van der Waals surface area contributed by atoms with Crippen LogP contribution in [0.25, 0.3) is 0 Å². The second-order valence-electron chi connectivity index (χ2n) is 3.23. The molecule has 5 heteroatoms. The molecule has 16 heavy (non-hydrogen) atoms. The van der Waals surface area contributed by atoms with Crippen LogP contribution in [0, 0.1) is 0 Å². The maximum Gasteiger partial charge on any atom is 0.373 e. The standard InChI is InChI=1S/C11H11NO3S/c1-14-11(13)9-3-2-8(15-9)10(12)7-4-5-16-6-7/h2-6,10H,12H2,1H3. The van der Waals surface area contributed by atoms with Crippen LogP contribution in [0.4, 0.5) is 0 Å². The zero-order chi connectivity index (χ0) is 11.5. The SMILES string of the molecule is COC(=O)c1ccc(C(N)c2ccsc2)o1. The Morgan fingerprint density at radius 1 is 1.50 bits per heavy atom. The molecule has 0 aliphatic heterocycles. The normalized spacial score (nSPS) is 12.4. The van der Waals surface area contributed by atoms with Gasteiger partial charge >= 0.3 is 5.97 Å². The highest BCUT2D eigenvalue weighted by Crippen LogP contribution is 2.23. The van der Waals surface area contributed by atoms with E-state index >= 15 is 0 Å². The maximum atomic E-state index is 11.2. The van der Waals surface area contributed by atoms with Gasteiger partial charge in [0.2, 0.25) is 5.76 Å². The lowest BCUT2D eigenvalue weighted by Crippen LogP contribution is -2.09. The summed E-state index contributed by atoms with van der Waals surface area (Å²) in [5.74, 6) is 0.228. The maximum absolute atomic E-state index is 11.2. The van der Waals surface area contributed by atoms with Gasteiger partial charge in [-0.3, -0.25) is 0 Å². The number of hydrogen-bond acceptors (Lipinski definition) is 5. The van der Waals surface area contributed by atoms with Crippen molar-refractivity contribution in [2.45, 2.75) is 6.04 Å². The Morgan fingerprint density at radius 2 is 2.31 bits per heavy atom. The lowest BCUT2D eigenvalue weighted by atomic mass is 10.1. The van der Waals surface area contributed by atoms with Crippen molar-refractivity contribution < 1.29 is 13.9 Å². The van der Waals surface area contributed by atoms with Gasteiger partial charge in [-0.2, -0.15) is 11.3 Å². The molecule has 2 aromatic heterocycles. The Kier molecular flexibility index (Phi) is 3.07. The zero-order valence-corrected chi connectivity index (χ0v) is 9.49. The molecular formula is C11H11NO3S. The number of ether oxygens (including phenoxy) is 1. The molecule has 2 aromatic rings. The van der Waals surface area contributed by atoms with Crippen molar-refractivity contribution in [3.63, 3.8) is 0 Å². The quantitative estimate of drug-likeness (QED) is 0.831. The Bertz CT molecular complexity index is 475. The van der Waals surface area contributed by atoms with Crippen LogP contribution in [0.1, 0.15) is 27.9 Å². The summed E-state index contributed by atoms with van der Waals surface area (Å²) in [6, 6.07) is 4.84. The van der Waals surface area contributed by atoms with Crippen LogP contribution in [-0.4, -0.2) is 13.1 Å². The van der Waals surface area contributed by atoms with Crippen molar-refractivity contribution in [3.8, 4) is 0 Å². The summed E-state index contributed by atoms with van der Waals surface area (Å²) < 4.78 is 9.88. The van der Waals surface area contributed by atoms with Crippen molar-refractivity contribution in [3.05, 3.63) is 46.0 Å². The minimum Gasteiger partial charge on any atom is -0.463 e. The van der Waals surface area contributed by atoms with Crippen LogP contribution in [0.15, 0.2) is 33.4 Å². The van der Waals surface area contributed by atoms with E-state index in [0.717, 1.165) is 5.56 Å². The Labute approximate surface area is 96.6 Å². The Morgan fingerprint density at radius 3 is 2.94 bits per heavy atom. The summed E-state index contributed by atoms with van der Waals surface area (Å²) in [5, 5.41) is 3.89. The largest absolute Gasteiger partial charge is 0.463 e. The highest BCUT2D eigenvalue weighted by Gasteiger charge is 2.17. The van der Waals surface area contributed by atoms with Gasteiger partial charge in [0.15, 0.2) is 0 Å². The summed E-state index contributed by atoms with van der Waals surface area (Å²) in [7, 11) is 1.31. The number of esters is 1. The Hall–Kier alpha value is -1.59. The van der Waals surface area contributed by atoms with Gasteiger partial charge < -0.3 is 14.9 Å². The van der Waals surface area contributed by atoms with Gasteiger partial charge in [0.1, 0.15) is 5.76 Å². The molecule has 1 unspecified atom stereocenters. The molecule has 0 aromatic carbocycles. The summed E-state index contributed by atoms with van der Waals surface area (Å²) in [5.41, 5.74) is 6.94. The third kappa shape index (κ3) is 2.00. The van der Waals surface area contributed by atoms with Gasteiger partial charge in [0.05, 0.1) is 13.2 Å². The van der Waals surface area contributed by atoms with Crippen molar-refractivity contribution in [2.75, 3.05) is 7.11 Å². The van der Waals surface area contributed by atoms with E-state index in [1.165, 1.54) is 7.11 Å². The van der Waals surface area contributed by atoms with Gasteiger partial charge in [-0.15, -0.1) is 0 Å². The molecule has 0 fully saturated rings. The van der Waals surface area contributed by atoms with Gasteiger partial charge in [-0.25, -0.2) is 4.79 Å². The van der Waals surface area contributed by atoms with Gasteiger partial charge in [-0.05, 0) is 34.5 Å². The Balaban J connectivity index is 2.22. The van der Waals surface area contributed by atoms with E-state index < -0.39 is 5.97 Å². The molecule has 2 N–H and O–H groups in total. The number of hydrogen-bond donors (Lipinski definition) is 1. The predicted octanol–water partition coefficient (Wildman–Crippen LogP) is 2.18. The molecule has 0 saturated carbocycles. The number of thiophene rings is 1. The fraction of sp³-hybridized carbons (Fsp3) is 0.182. The zero-order valence-electron chi connectivity index (χ0n) is 8.67. The molecular weight excluding hydrogens is 226 g/mol. The third-order valence-corrected chi connectivity index (χ3v) is 2.92. The van der Waals surface area contributed by atoms with Gasteiger partial charge in [-0.1, -0.05) is 0 Å². The van der Waals surface area contributed by atoms with Crippen LogP contribution in [-0.2, 0) is 4.74 Å². The summed E-state index contributed by atoms with van der Waals surface area (Å²) in [4.78, 5) is 11.2. The molecule has 2 rings (SSSR count). The van der Waals surface area contributed by atoms with Crippen molar-refractivity contribution in [2.24, 2.45) is 5.73 Å². The highest BCUT2D eigenvalue weighted by atomic mass is 32.1. The van der Waals surface area contributed by atoms with E-state index in [2.05, 4.69) is 4.74 Å². The number of carbonyl (C=O) groups excluding carboxylic acids is 1. The van der Waals surface area contributed by atoms with Gasteiger partial charge in [0, 0.05) is 0 Å². The van der Waals surface area contributed by atoms with Crippen LogP contribution in [0.3, 0.4) is 0 Å². The van der Waals surface area contributed by atoms with E-state index in [0.29, 0.717) is 5.76 Å². The second-order valence-corrected chi connectivity index (χ2v) is 4.01. The summed E-state index contributed by atoms with van der Waals surface area (Å²) in [6.45, 7) is 0. The molecule has 0 spiro atoms. The molecule has 0 bridgehead atoms. The first kappa shape index (κ1) is 10.9. The topological polar surface area (TPSA) is 65.5 Å². The number of furan rings is 1. The van der Waals surface area contributed by atoms with Crippen LogP contribution in [0.5, 0.6) is 0 Å². The van der Waals surface area contributed by atoms with Crippen LogP contribution >= 0.6 is 11.3 Å². The molecule has 84 valence electrons. The fourth-order valence-electron chi connectivity index (χ4n) is 1.35. The van der Waals surface area contributed by atoms with Gasteiger partial charge in [0.25, 0.3) is 0 Å². The minimum absolute atomic E-state index is 0.170. The third-order valence-electron chi connectivity index (χ3n) is 2.22. The monoisotopic (exact) mass is 237 g/mol. The number of methoxy groups -OCH3 is 1. The molecule has 0 aliphatic carbocycles. The molecule has 0 radical (unpaired) electrons. The molecule has 4 nitrogen and oxygen atoms in total. The highest BCUT2D eigenvalue weighted by molar-refractivity contribution is 7.08. The molecule has 0 amide bonds. The smallest absolute Gasteiger partial charge is 0.373 e. The van der Waals surface area contributed by atoms with Crippen molar-refractivity contribution in [1.29, 1.82) is 0 Å². The summed E-state index contributed by atoms with van der Waals surface area (Å²) in [6.07, 6.45) is 0. The number of carbonyl (C=O) groups is 1. The first-order chi connectivity index (χ1) is 7.72. The second kappa shape index (κ2) is 4.51. The first-order valence-electron chi connectivity index (χ1n) is 4.68. The average Bonchev–Trinajstić information content (AvgIpc) is 2.97. The fourth-order valence-corrected chi connectivity index (χ4v) is 2.04. The van der Waals surface area contributed by atoms with E-state index in [1.807, 2.05) is 16.8 Å². The van der Waals surface area contributed by atoms with Crippen molar-refractivity contribution in [1.82, 2.24) is 0 Å².